The highest BCUT2D eigenvalue weighted by Gasteiger charge is 2.31. The number of amides is 2. The molecule has 0 spiro atoms. The third kappa shape index (κ3) is 5.12. The second-order valence-corrected chi connectivity index (χ2v) is 8.74. The lowest BCUT2D eigenvalue weighted by molar-refractivity contribution is 0.0904. The van der Waals surface area contributed by atoms with Crippen molar-refractivity contribution >= 4 is 17.5 Å². The van der Waals surface area contributed by atoms with Crippen molar-refractivity contribution in [3.63, 3.8) is 0 Å². The summed E-state index contributed by atoms with van der Waals surface area (Å²) in [4.78, 5) is 29.9. The van der Waals surface area contributed by atoms with Crippen LogP contribution in [-0.4, -0.2) is 35.0 Å². The van der Waals surface area contributed by atoms with E-state index in [-0.39, 0.29) is 23.8 Å². The quantitative estimate of drug-likeness (QED) is 0.512. The summed E-state index contributed by atoms with van der Waals surface area (Å²) in [6, 6.07) is 12.5. The summed E-state index contributed by atoms with van der Waals surface area (Å²) in [7, 11) is 0. The Morgan fingerprint density at radius 2 is 1.79 bits per heavy atom. The average Bonchev–Trinajstić information content (AvgIpc) is 3.59. The van der Waals surface area contributed by atoms with Crippen LogP contribution >= 0.6 is 0 Å². The van der Waals surface area contributed by atoms with Crippen molar-refractivity contribution in [1.29, 1.82) is 0 Å². The minimum absolute atomic E-state index is 0.205. The molecule has 0 radical (unpaired) electrons. The molecule has 8 nitrogen and oxygen atoms in total. The number of nitrogens with zero attached hydrogens (tertiary/aromatic N) is 2. The number of pyridine rings is 1. The highest BCUT2D eigenvalue weighted by atomic mass is 16.5. The fraction of sp³-hybridized carbons (Fsp3) is 0.360. The van der Waals surface area contributed by atoms with Crippen molar-refractivity contribution in [3.05, 3.63) is 77.4 Å². The smallest absolute Gasteiger partial charge is 0.273 e. The van der Waals surface area contributed by atoms with Crippen LogP contribution in [0.3, 0.4) is 0 Å². The molecular formula is C25H27N5O3. The molecule has 2 amide bonds. The van der Waals surface area contributed by atoms with E-state index in [9.17, 15) is 9.59 Å². The van der Waals surface area contributed by atoms with Crippen LogP contribution in [0.15, 0.2) is 59.4 Å². The number of hydrogen-bond acceptors (Lipinski definition) is 6. The average molecular weight is 446 g/mol. The first-order valence-electron chi connectivity index (χ1n) is 11.5. The number of benzene rings is 1. The number of hydrogen-bond donors (Lipinski definition) is 3. The highest BCUT2D eigenvalue weighted by molar-refractivity contribution is 6.04. The van der Waals surface area contributed by atoms with Crippen LogP contribution in [0.1, 0.15) is 69.8 Å². The molecule has 170 valence electrons. The van der Waals surface area contributed by atoms with Gasteiger partial charge in [-0.15, -0.1) is 0 Å². The van der Waals surface area contributed by atoms with E-state index in [1.807, 2.05) is 18.2 Å². The third-order valence-corrected chi connectivity index (χ3v) is 6.33. The Balaban J connectivity index is 1.37. The maximum absolute atomic E-state index is 13.1. The van der Waals surface area contributed by atoms with E-state index in [4.69, 9.17) is 4.52 Å². The second kappa shape index (κ2) is 9.54. The number of anilines is 1. The topological polar surface area (TPSA) is 109 Å². The van der Waals surface area contributed by atoms with Crippen LogP contribution < -0.4 is 16.0 Å². The van der Waals surface area contributed by atoms with E-state index in [0.717, 1.165) is 50.1 Å². The molecule has 33 heavy (non-hydrogen) atoms. The zero-order chi connectivity index (χ0) is 22.6. The van der Waals surface area contributed by atoms with Crippen molar-refractivity contribution < 1.29 is 14.1 Å². The largest absolute Gasteiger partial charge is 0.360 e. The maximum atomic E-state index is 13.1. The fourth-order valence-electron chi connectivity index (χ4n) is 4.33. The van der Waals surface area contributed by atoms with Crippen LogP contribution in [0.5, 0.6) is 0 Å². The minimum atomic E-state index is -0.249. The predicted molar refractivity (Wildman–Crippen MR) is 123 cm³/mol. The molecule has 2 aliphatic rings. The van der Waals surface area contributed by atoms with Gasteiger partial charge in [-0.3, -0.25) is 14.6 Å². The SMILES string of the molecule is O=C(Nc1ccncc1)c1cccc(C(NC(=O)c2cc(C3CC3)on2)C2CCNCC2)c1. The molecule has 3 heterocycles. The Bertz CT molecular complexity index is 1120. The Labute approximate surface area is 192 Å². The Morgan fingerprint density at radius 3 is 2.55 bits per heavy atom. The van der Waals surface area contributed by atoms with Crippen molar-refractivity contribution in [1.82, 2.24) is 20.8 Å². The van der Waals surface area contributed by atoms with Gasteiger partial charge in [-0.2, -0.15) is 0 Å². The summed E-state index contributed by atoms with van der Waals surface area (Å²) < 4.78 is 5.37. The van der Waals surface area contributed by atoms with Gasteiger partial charge in [-0.05, 0) is 74.5 Å². The van der Waals surface area contributed by atoms with E-state index in [0.29, 0.717) is 22.9 Å². The van der Waals surface area contributed by atoms with E-state index < -0.39 is 0 Å². The molecule has 1 aromatic carbocycles. The molecule has 1 saturated carbocycles. The zero-order valence-electron chi connectivity index (χ0n) is 18.3. The van der Waals surface area contributed by atoms with Gasteiger partial charge >= 0.3 is 0 Å². The van der Waals surface area contributed by atoms with E-state index in [2.05, 4.69) is 26.1 Å². The van der Waals surface area contributed by atoms with Crippen LogP contribution in [0.2, 0.25) is 0 Å². The van der Waals surface area contributed by atoms with Crippen molar-refractivity contribution in [2.24, 2.45) is 5.92 Å². The molecule has 2 fully saturated rings. The standard InChI is InChI=1S/C25H27N5O3/c31-24(28-20-8-12-27-13-9-20)19-3-1-2-18(14-19)23(17-6-10-26-11-7-17)29-25(32)21-15-22(33-30-21)16-4-5-16/h1-3,8-9,12-17,23,26H,4-7,10-11H2,(H,29,32)(H,27,28,31). The molecule has 3 N–H and O–H groups in total. The van der Waals surface area contributed by atoms with Crippen molar-refractivity contribution in [2.75, 3.05) is 18.4 Å². The van der Waals surface area contributed by atoms with Gasteiger partial charge in [-0.1, -0.05) is 17.3 Å². The molecule has 3 aromatic rings. The Hall–Kier alpha value is -3.52. The van der Waals surface area contributed by atoms with Crippen LogP contribution in [-0.2, 0) is 0 Å². The first kappa shape index (κ1) is 21.3. The minimum Gasteiger partial charge on any atom is -0.360 e. The lowest BCUT2D eigenvalue weighted by Gasteiger charge is -2.31. The summed E-state index contributed by atoms with van der Waals surface area (Å²) in [6.45, 7) is 1.80. The number of carbonyl (C=O) groups excluding carboxylic acids is 2. The summed E-state index contributed by atoms with van der Waals surface area (Å²) in [5.74, 6) is 0.983. The molecule has 2 aromatic heterocycles. The van der Waals surface area contributed by atoms with Crippen molar-refractivity contribution in [2.45, 2.75) is 37.6 Å². The van der Waals surface area contributed by atoms with Gasteiger partial charge in [0.25, 0.3) is 11.8 Å². The molecular weight excluding hydrogens is 418 g/mol. The lowest BCUT2D eigenvalue weighted by Crippen LogP contribution is -2.39. The number of aromatic nitrogens is 2. The second-order valence-electron chi connectivity index (χ2n) is 8.74. The molecule has 8 heteroatoms. The van der Waals surface area contributed by atoms with E-state index in [1.165, 1.54) is 0 Å². The normalized spacial score (nSPS) is 17.3. The molecule has 0 bridgehead atoms. The Kier molecular flexibility index (Phi) is 6.17. The lowest BCUT2D eigenvalue weighted by atomic mass is 9.85. The number of rotatable bonds is 7. The summed E-state index contributed by atoms with van der Waals surface area (Å²) in [6.07, 6.45) is 7.31. The molecule has 1 atom stereocenters. The number of carbonyl (C=O) groups is 2. The number of nitrogens with one attached hydrogen (secondary N) is 3. The summed E-state index contributed by atoms with van der Waals surface area (Å²) >= 11 is 0. The molecule has 5 rings (SSSR count). The van der Waals surface area contributed by atoms with E-state index >= 15 is 0 Å². The molecule has 1 aliphatic heterocycles. The first-order valence-corrected chi connectivity index (χ1v) is 11.5. The van der Waals surface area contributed by atoms with Gasteiger partial charge in [0, 0.05) is 35.6 Å². The van der Waals surface area contributed by atoms with E-state index in [1.54, 1.807) is 36.7 Å². The Morgan fingerprint density at radius 1 is 1.00 bits per heavy atom. The van der Waals surface area contributed by atoms with Gasteiger partial charge in [0.2, 0.25) is 0 Å². The summed E-state index contributed by atoms with van der Waals surface area (Å²) in [5.41, 5.74) is 2.43. The van der Waals surface area contributed by atoms with Gasteiger partial charge < -0.3 is 20.5 Å². The summed E-state index contributed by atoms with van der Waals surface area (Å²) in [5, 5.41) is 13.4. The van der Waals surface area contributed by atoms with Crippen LogP contribution in [0.25, 0.3) is 0 Å². The van der Waals surface area contributed by atoms with Gasteiger partial charge in [0.1, 0.15) is 5.76 Å². The van der Waals surface area contributed by atoms with Gasteiger partial charge in [-0.25, -0.2) is 0 Å². The van der Waals surface area contributed by atoms with Crippen LogP contribution in [0.4, 0.5) is 5.69 Å². The fourth-order valence-corrected chi connectivity index (χ4v) is 4.33. The first-order chi connectivity index (χ1) is 16.2. The predicted octanol–water partition coefficient (Wildman–Crippen LogP) is 3.67. The molecule has 1 saturated heterocycles. The maximum Gasteiger partial charge on any atom is 0.273 e. The van der Waals surface area contributed by atoms with Gasteiger partial charge in [0.15, 0.2) is 5.69 Å². The van der Waals surface area contributed by atoms with Crippen molar-refractivity contribution in [3.8, 4) is 0 Å². The highest BCUT2D eigenvalue weighted by Crippen LogP contribution is 2.40. The third-order valence-electron chi connectivity index (χ3n) is 6.33. The molecule has 1 aliphatic carbocycles. The number of piperidine rings is 1. The van der Waals surface area contributed by atoms with Gasteiger partial charge in [0.05, 0.1) is 6.04 Å². The molecule has 1 unspecified atom stereocenters. The monoisotopic (exact) mass is 445 g/mol. The zero-order valence-corrected chi connectivity index (χ0v) is 18.3. The van der Waals surface area contributed by atoms with Crippen LogP contribution in [0, 0.1) is 5.92 Å².